The minimum atomic E-state index is -0.479. The topological polar surface area (TPSA) is 12.9 Å². The summed E-state index contributed by atoms with van der Waals surface area (Å²) < 4.78 is 12.3. The van der Waals surface area contributed by atoms with Crippen molar-refractivity contribution in [2.24, 2.45) is 0 Å². The highest BCUT2D eigenvalue weighted by molar-refractivity contribution is 5.10. The Morgan fingerprint density at radius 3 is 3.00 bits per heavy atom. The highest BCUT2D eigenvalue weighted by atomic mass is 19.1. The van der Waals surface area contributed by atoms with Crippen LogP contribution < -0.4 is 0 Å². The van der Waals surface area contributed by atoms with Crippen LogP contribution in [-0.4, -0.2) is 4.98 Å². The third kappa shape index (κ3) is 1.56. The first-order valence-electron chi connectivity index (χ1n) is 2.88. The quantitative estimate of drug-likeness (QED) is 0.419. The summed E-state index contributed by atoms with van der Waals surface area (Å²) in [5.41, 5.74) is 0.600. The van der Waals surface area contributed by atoms with E-state index in [9.17, 15) is 4.39 Å². The Morgan fingerprint density at radius 2 is 2.40 bits per heavy atom. The summed E-state index contributed by atoms with van der Waals surface area (Å²) in [6, 6.07) is 4.58. The summed E-state index contributed by atoms with van der Waals surface area (Å²) in [7, 11) is 0. The van der Waals surface area contributed by atoms with Crippen LogP contribution in [0.15, 0.2) is 18.2 Å². The van der Waals surface area contributed by atoms with E-state index in [1.165, 1.54) is 6.07 Å². The Morgan fingerprint density at radius 1 is 1.60 bits per heavy atom. The van der Waals surface area contributed by atoms with Crippen molar-refractivity contribution >= 4 is 0 Å². The zero-order valence-corrected chi connectivity index (χ0v) is 5.34. The minimum absolute atomic E-state index is 0.387. The monoisotopic (exact) mass is 135 g/mol. The van der Waals surface area contributed by atoms with Crippen LogP contribution >= 0.6 is 0 Å². The van der Waals surface area contributed by atoms with E-state index in [2.05, 4.69) is 10.9 Å². The molecule has 1 aromatic heterocycles. The predicted octanol–water partition coefficient (Wildman–Crippen LogP) is 1.40. The molecule has 0 aliphatic carbocycles. The fourth-order valence-electron chi connectivity index (χ4n) is 0.653. The summed E-state index contributed by atoms with van der Waals surface area (Å²) in [4.78, 5) is 3.55. The molecule has 10 heavy (non-hydrogen) atoms. The second-order valence-electron chi connectivity index (χ2n) is 1.83. The maximum absolute atomic E-state index is 12.3. The number of hydrogen-bond donors (Lipinski definition) is 0. The molecule has 0 unspecified atom stereocenters. The number of halogens is 1. The second kappa shape index (κ2) is 2.98. The SMILES string of the molecule is C#CCc1cccc(F)n1. The Bertz CT molecular complexity index is 262. The van der Waals surface area contributed by atoms with Gasteiger partial charge in [-0.1, -0.05) is 6.07 Å². The van der Waals surface area contributed by atoms with Crippen molar-refractivity contribution in [2.45, 2.75) is 6.42 Å². The van der Waals surface area contributed by atoms with Crippen LogP contribution in [0.3, 0.4) is 0 Å². The summed E-state index contributed by atoms with van der Waals surface area (Å²) in [6.45, 7) is 0. The molecule has 0 atom stereocenters. The molecule has 0 aliphatic heterocycles. The van der Waals surface area contributed by atoms with Crippen molar-refractivity contribution in [3.8, 4) is 12.3 Å². The van der Waals surface area contributed by atoms with E-state index in [1.54, 1.807) is 12.1 Å². The maximum atomic E-state index is 12.3. The molecule has 0 saturated heterocycles. The maximum Gasteiger partial charge on any atom is 0.213 e. The molecule has 0 saturated carbocycles. The van der Waals surface area contributed by atoms with E-state index in [1.807, 2.05) is 0 Å². The first-order chi connectivity index (χ1) is 4.83. The Kier molecular flexibility index (Phi) is 2.01. The van der Waals surface area contributed by atoms with Gasteiger partial charge in [0.2, 0.25) is 5.95 Å². The van der Waals surface area contributed by atoms with Crippen molar-refractivity contribution in [2.75, 3.05) is 0 Å². The van der Waals surface area contributed by atoms with Crippen LogP contribution in [0.5, 0.6) is 0 Å². The molecule has 0 aromatic carbocycles. The van der Waals surface area contributed by atoms with E-state index in [0.29, 0.717) is 12.1 Å². The first-order valence-corrected chi connectivity index (χ1v) is 2.88. The van der Waals surface area contributed by atoms with Gasteiger partial charge in [0.25, 0.3) is 0 Å². The highest BCUT2D eigenvalue weighted by Gasteiger charge is 1.92. The van der Waals surface area contributed by atoms with Gasteiger partial charge in [-0.3, -0.25) is 0 Å². The third-order valence-corrected chi connectivity index (χ3v) is 1.06. The van der Waals surface area contributed by atoms with Crippen LogP contribution in [0.4, 0.5) is 4.39 Å². The summed E-state index contributed by atoms with van der Waals surface area (Å²) in [5.74, 6) is 1.90. The molecule has 0 fully saturated rings. The van der Waals surface area contributed by atoms with Gasteiger partial charge in [0.1, 0.15) is 0 Å². The van der Waals surface area contributed by atoms with Gasteiger partial charge in [0.15, 0.2) is 0 Å². The zero-order chi connectivity index (χ0) is 7.40. The molecular formula is C8H6FN. The summed E-state index contributed by atoms with van der Waals surface area (Å²) in [6.07, 6.45) is 5.38. The van der Waals surface area contributed by atoms with Crippen LogP contribution in [0.1, 0.15) is 5.69 Å². The Labute approximate surface area is 58.9 Å². The predicted molar refractivity (Wildman–Crippen MR) is 36.7 cm³/mol. The molecular weight excluding hydrogens is 129 g/mol. The first kappa shape index (κ1) is 6.76. The van der Waals surface area contributed by atoms with Gasteiger partial charge in [0.05, 0.1) is 12.1 Å². The van der Waals surface area contributed by atoms with E-state index in [4.69, 9.17) is 6.42 Å². The number of terminal acetylenes is 1. The Hall–Kier alpha value is -1.36. The molecule has 2 heteroatoms. The summed E-state index contributed by atoms with van der Waals surface area (Å²) in [5, 5.41) is 0. The van der Waals surface area contributed by atoms with Crippen molar-refractivity contribution in [1.82, 2.24) is 4.98 Å². The van der Waals surface area contributed by atoms with E-state index in [-0.39, 0.29) is 0 Å². The lowest BCUT2D eigenvalue weighted by Gasteiger charge is -1.91. The van der Waals surface area contributed by atoms with E-state index >= 15 is 0 Å². The molecule has 1 rings (SSSR count). The van der Waals surface area contributed by atoms with Crippen LogP contribution in [0.2, 0.25) is 0 Å². The van der Waals surface area contributed by atoms with Gasteiger partial charge in [-0.2, -0.15) is 4.39 Å². The van der Waals surface area contributed by atoms with Crippen LogP contribution in [-0.2, 0) is 6.42 Å². The molecule has 1 aromatic rings. The number of rotatable bonds is 1. The third-order valence-electron chi connectivity index (χ3n) is 1.06. The second-order valence-corrected chi connectivity index (χ2v) is 1.83. The van der Waals surface area contributed by atoms with Crippen LogP contribution in [0.25, 0.3) is 0 Å². The summed E-state index contributed by atoms with van der Waals surface area (Å²) >= 11 is 0. The molecule has 1 heterocycles. The standard InChI is InChI=1S/C8H6FN/c1-2-4-7-5-3-6-8(9)10-7/h1,3,5-6H,4H2. The number of pyridine rings is 1. The Balaban J connectivity index is 2.87. The number of aromatic nitrogens is 1. The molecule has 0 aliphatic rings. The van der Waals surface area contributed by atoms with E-state index < -0.39 is 5.95 Å². The van der Waals surface area contributed by atoms with Crippen molar-refractivity contribution in [1.29, 1.82) is 0 Å². The average Bonchev–Trinajstić information content (AvgIpc) is 1.88. The minimum Gasteiger partial charge on any atom is -0.224 e. The van der Waals surface area contributed by atoms with Crippen molar-refractivity contribution < 1.29 is 4.39 Å². The lowest BCUT2D eigenvalue weighted by molar-refractivity contribution is 0.579. The molecule has 1 nitrogen and oxygen atoms in total. The highest BCUT2D eigenvalue weighted by Crippen LogP contribution is 1.96. The number of hydrogen-bond acceptors (Lipinski definition) is 1. The van der Waals surface area contributed by atoms with Crippen LogP contribution in [0, 0.1) is 18.3 Å². The zero-order valence-electron chi connectivity index (χ0n) is 5.34. The lowest BCUT2D eigenvalue weighted by Crippen LogP contribution is -1.89. The largest absolute Gasteiger partial charge is 0.224 e. The molecule has 0 spiro atoms. The average molecular weight is 135 g/mol. The fourth-order valence-corrected chi connectivity index (χ4v) is 0.653. The van der Waals surface area contributed by atoms with E-state index in [0.717, 1.165) is 0 Å². The molecule has 0 radical (unpaired) electrons. The normalized spacial score (nSPS) is 8.80. The smallest absolute Gasteiger partial charge is 0.213 e. The molecule has 50 valence electrons. The van der Waals surface area contributed by atoms with Gasteiger partial charge >= 0.3 is 0 Å². The lowest BCUT2D eigenvalue weighted by atomic mass is 10.3. The molecule has 0 bridgehead atoms. The van der Waals surface area contributed by atoms with Gasteiger partial charge in [-0.15, -0.1) is 12.3 Å². The van der Waals surface area contributed by atoms with Crippen molar-refractivity contribution in [3.63, 3.8) is 0 Å². The van der Waals surface area contributed by atoms with Gasteiger partial charge < -0.3 is 0 Å². The number of nitrogens with zero attached hydrogens (tertiary/aromatic N) is 1. The molecule has 0 N–H and O–H groups in total. The fraction of sp³-hybridized carbons (Fsp3) is 0.125. The van der Waals surface area contributed by atoms with Gasteiger partial charge in [-0.05, 0) is 12.1 Å². The van der Waals surface area contributed by atoms with Crippen molar-refractivity contribution in [3.05, 3.63) is 29.8 Å². The van der Waals surface area contributed by atoms with Gasteiger partial charge in [0, 0.05) is 0 Å². The molecule has 0 amide bonds. The van der Waals surface area contributed by atoms with Gasteiger partial charge in [-0.25, -0.2) is 4.98 Å².